The summed E-state index contributed by atoms with van der Waals surface area (Å²) < 4.78 is 21.0. The van der Waals surface area contributed by atoms with Gasteiger partial charge in [0.1, 0.15) is 18.2 Å². The third-order valence-corrected chi connectivity index (χ3v) is 5.84. The van der Waals surface area contributed by atoms with Crippen molar-refractivity contribution in [2.45, 2.75) is 32.4 Å². The van der Waals surface area contributed by atoms with Crippen LogP contribution >= 0.6 is 0 Å². The summed E-state index contributed by atoms with van der Waals surface area (Å²) in [5, 5.41) is 5.45. The molecule has 0 spiro atoms. The highest BCUT2D eigenvalue weighted by atomic mass is 28.3. The lowest BCUT2D eigenvalue weighted by atomic mass is 10.1. The standard InChI is InChI=1S/C21H24FN3OSi/c1-27(2,3)12-11-26-15-25-21-10-8-18(23)14-19(21)20(24-25)9-7-16-5-4-6-17(22)13-16/h4-6,8,10,13-14H,11-12,15,23H2,1-3H3. The lowest BCUT2D eigenvalue weighted by Gasteiger charge is -2.15. The van der Waals surface area contributed by atoms with E-state index in [9.17, 15) is 4.39 Å². The molecule has 0 atom stereocenters. The molecule has 0 amide bonds. The van der Waals surface area contributed by atoms with Gasteiger partial charge in [-0.05, 0) is 48.4 Å². The summed E-state index contributed by atoms with van der Waals surface area (Å²) >= 11 is 0. The molecule has 0 radical (unpaired) electrons. The third-order valence-electron chi connectivity index (χ3n) is 4.13. The molecule has 140 valence electrons. The molecule has 0 saturated heterocycles. The van der Waals surface area contributed by atoms with Crippen molar-refractivity contribution < 1.29 is 9.13 Å². The normalized spacial score (nSPS) is 11.4. The number of hydrogen-bond donors (Lipinski definition) is 1. The van der Waals surface area contributed by atoms with Gasteiger partial charge in [0, 0.05) is 31.3 Å². The van der Waals surface area contributed by atoms with E-state index in [0.717, 1.165) is 23.6 Å². The van der Waals surface area contributed by atoms with Crippen LogP contribution in [-0.4, -0.2) is 24.5 Å². The summed E-state index contributed by atoms with van der Waals surface area (Å²) in [5.41, 5.74) is 8.71. The minimum Gasteiger partial charge on any atom is -0.399 e. The first kappa shape index (κ1) is 19.1. The van der Waals surface area contributed by atoms with E-state index in [2.05, 4.69) is 36.6 Å². The SMILES string of the molecule is C[Si](C)(C)CCOCn1nc(C#Cc2cccc(F)c2)c2cc(N)ccc21. The number of fused-ring (bicyclic) bond motifs is 1. The smallest absolute Gasteiger partial charge is 0.143 e. The van der Waals surface area contributed by atoms with Gasteiger partial charge in [-0.25, -0.2) is 9.07 Å². The molecule has 1 heterocycles. The van der Waals surface area contributed by atoms with Crippen molar-refractivity contribution in [3.63, 3.8) is 0 Å². The fourth-order valence-electron chi connectivity index (χ4n) is 2.61. The van der Waals surface area contributed by atoms with Crippen LogP contribution < -0.4 is 5.73 Å². The molecule has 0 aliphatic rings. The Hall–Kier alpha value is -2.62. The quantitative estimate of drug-likeness (QED) is 0.307. The van der Waals surface area contributed by atoms with Gasteiger partial charge in [-0.1, -0.05) is 31.6 Å². The number of aromatic nitrogens is 2. The molecule has 2 aromatic carbocycles. The number of nitrogen functional groups attached to an aromatic ring is 1. The van der Waals surface area contributed by atoms with E-state index in [1.165, 1.54) is 12.1 Å². The van der Waals surface area contributed by atoms with E-state index in [0.29, 0.717) is 23.7 Å². The largest absolute Gasteiger partial charge is 0.399 e. The molecule has 0 bridgehead atoms. The van der Waals surface area contributed by atoms with Gasteiger partial charge in [0.25, 0.3) is 0 Å². The number of halogens is 1. The van der Waals surface area contributed by atoms with Crippen LogP contribution in [0.5, 0.6) is 0 Å². The average Bonchev–Trinajstić information content (AvgIpc) is 2.93. The molecule has 3 aromatic rings. The Kier molecular flexibility index (Phi) is 5.64. The van der Waals surface area contributed by atoms with E-state index in [-0.39, 0.29) is 5.82 Å². The van der Waals surface area contributed by atoms with Crippen molar-refractivity contribution in [3.05, 3.63) is 59.5 Å². The number of benzene rings is 2. The molecule has 2 N–H and O–H groups in total. The van der Waals surface area contributed by atoms with Crippen LogP contribution in [0.15, 0.2) is 42.5 Å². The first-order valence-corrected chi connectivity index (χ1v) is 12.6. The van der Waals surface area contributed by atoms with Gasteiger partial charge in [0.15, 0.2) is 0 Å². The lowest BCUT2D eigenvalue weighted by molar-refractivity contribution is 0.0816. The molecule has 0 fully saturated rings. The van der Waals surface area contributed by atoms with Gasteiger partial charge in [-0.15, -0.1) is 0 Å². The molecule has 0 aliphatic carbocycles. The Labute approximate surface area is 160 Å². The van der Waals surface area contributed by atoms with E-state index in [4.69, 9.17) is 10.5 Å². The first-order chi connectivity index (χ1) is 12.8. The van der Waals surface area contributed by atoms with E-state index in [1.54, 1.807) is 16.8 Å². The lowest BCUT2D eigenvalue weighted by Crippen LogP contribution is -2.22. The summed E-state index contributed by atoms with van der Waals surface area (Å²) in [6, 6.07) is 12.9. The van der Waals surface area contributed by atoms with Gasteiger partial charge in [-0.3, -0.25) is 0 Å². The summed E-state index contributed by atoms with van der Waals surface area (Å²) in [7, 11) is -1.13. The molecule has 4 nitrogen and oxygen atoms in total. The Morgan fingerprint density at radius 1 is 1.15 bits per heavy atom. The van der Waals surface area contributed by atoms with Gasteiger partial charge in [0.2, 0.25) is 0 Å². The maximum absolute atomic E-state index is 13.3. The zero-order valence-electron chi connectivity index (χ0n) is 15.9. The summed E-state index contributed by atoms with van der Waals surface area (Å²) in [6.07, 6.45) is 0. The molecule has 0 aliphatic heterocycles. The van der Waals surface area contributed by atoms with Gasteiger partial charge in [0.05, 0.1) is 5.52 Å². The van der Waals surface area contributed by atoms with Gasteiger partial charge in [-0.2, -0.15) is 5.10 Å². The molecule has 27 heavy (non-hydrogen) atoms. The van der Waals surface area contributed by atoms with Crippen LogP contribution in [0.3, 0.4) is 0 Å². The minimum atomic E-state index is -1.13. The highest BCUT2D eigenvalue weighted by Gasteiger charge is 2.13. The molecule has 0 saturated carbocycles. The predicted octanol–water partition coefficient (Wildman–Crippen LogP) is 4.47. The number of nitrogens with zero attached hydrogens (tertiary/aromatic N) is 2. The second kappa shape index (κ2) is 7.95. The highest BCUT2D eigenvalue weighted by molar-refractivity contribution is 6.76. The second-order valence-corrected chi connectivity index (χ2v) is 13.4. The van der Waals surface area contributed by atoms with Crippen LogP contribution in [0, 0.1) is 17.7 Å². The zero-order chi connectivity index (χ0) is 19.4. The molecule has 0 unspecified atom stereocenters. The highest BCUT2D eigenvalue weighted by Crippen LogP contribution is 2.21. The topological polar surface area (TPSA) is 53.1 Å². The van der Waals surface area contributed by atoms with Crippen molar-refractivity contribution in [1.29, 1.82) is 0 Å². The minimum absolute atomic E-state index is 0.308. The number of anilines is 1. The van der Waals surface area contributed by atoms with Crippen molar-refractivity contribution in [3.8, 4) is 11.8 Å². The number of ether oxygens (including phenoxy) is 1. The Balaban J connectivity index is 1.86. The van der Waals surface area contributed by atoms with Crippen LogP contribution in [-0.2, 0) is 11.5 Å². The van der Waals surface area contributed by atoms with Crippen LogP contribution in [0.1, 0.15) is 11.3 Å². The van der Waals surface area contributed by atoms with Crippen LogP contribution in [0.4, 0.5) is 10.1 Å². The van der Waals surface area contributed by atoms with E-state index < -0.39 is 8.07 Å². The van der Waals surface area contributed by atoms with Gasteiger partial charge >= 0.3 is 0 Å². The van der Waals surface area contributed by atoms with Crippen molar-refractivity contribution in [2.24, 2.45) is 0 Å². The maximum Gasteiger partial charge on any atom is 0.143 e. The van der Waals surface area contributed by atoms with E-state index >= 15 is 0 Å². The zero-order valence-corrected chi connectivity index (χ0v) is 16.9. The molecular formula is C21H24FN3OSi. The summed E-state index contributed by atoms with van der Waals surface area (Å²) in [5.74, 6) is 5.70. The van der Waals surface area contributed by atoms with Crippen LogP contribution in [0.2, 0.25) is 25.7 Å². The van der Waals surface area contributed by atoms with E-state index in [1.807, 2.05) is 18.2 Å². The predicted molar refractivity (Wildman–Crippen MR) is 111 cm³/mol. The fraction of sp³-hybridized carbons (Fsp3) is 0.286. The average molecular weight is 382 g/mol. The summed E-state index contributed by atoms with van der Waals surface area (Å²) in [6.45, 7) is 8.05. The molecular weight excluding hydrogens is 357 g/mol. The fourth-order valence-corrected chi connectivity index (χ4v) is 3.37. The summed E-state index contributed by atoms with van der Waals surface area (Å²) in [4.78, 5) is 0. The maximum atomic E-state index is 13.3. The number of nitrogens with two attached hydrogens (primary N) is 1. The Bertz CT molecular complexity index is 1010. The Morgan fingerprint density at radius 2 is 1.96 bits per heavy atom. The first-order valence-electron chi connectivity index (χ1n) is 8.93. The monoisotopic (exact) mass is 381 g/mol. The Morgan fingerprint density at radius 3 is 2.70 bits per heavy atom. The molecule has 1 aromatic heterocycles. The number of hydrogen-bond acceptors (Lipinski definition) is 3. The van der Waals surface area contributed by atoms with Crippen LogP contribution in [0.25, 0.3) is 10.9 Å². The third kappa shape index (κ3) is 5.19. The van der Waals surface area contributed by atoms with Gasteiger partial charge < -0.3 is 10.5 Å². The molecule has 3 rings (SSSR count). The van der Waals surface area contributed by atoms with Crippen molar-refractivity contribution in [1.82, 2.24) is 9.78 Å². The van der Waals surface area contributed by atoms with Crippen molar-refractivity contribution >= 4 is 24.7 Å². The molecule has 6 heteroatoms. The van der Waals surface area contributed by atoms with Crippen molar-refractivity contribution in [2.75, 3.05) is 12.3 Å². The number of rotatable bonds is 5. The second-order valence-electron chi connectivity index (χ2n) is 7.73.